The molecule has 1 aromatic rings. The summed E-state index contributed by atoms with van der Waals surface area (Å²) in [5.74, 6) is 0.571. The summed E-state index contributed by atoms with van der Waals surface area (Å²) in [5.41, 5.74) is 8.60. The lowest BCUT2D eigenvalue weighted by Gasteiger charge is -2.22. The van der Waals surface area contributed by atoms with Crippen molar-refractivity contribution in [3.8, 4) is 0 Å². The second-order valence-electron chi connectivity index (χ2n) is 4.54. The first-order chi connectivity index (χ1) is 6.90. The summed E-state index contributed by atoms with van der Waals surface area (Å²) >= 11 is 0. The van der Waals surface area contributed by atoms with E-state index in [0.717, 1.165) is 19.0 Å². The molecule has 1 aromatic heterocycles. The van der Waals surface area contributed by atoms with Gasteiger partial charge < -0.3 is 10.3 Å². The molecule has 3 heteroatoms. The molecule has 0 radical (unpaired) electrons. The van der Waals surface area contributed by atoms with Crippen LogP contribution in [0.1, 0.15) is 49.0 Å². The Morgan fingerprint density at radius 1 is 1.43 bits per heavy atom. The van der Waals surface area contributed by atoms with Gasteiger partial charge in [-0.25, -0.2) is 4.98 Å². The number of aryl methyl sites for hydroxylation is 1. The van der Waals surface area contributed by atoms with Gasteiger partial charge in [0.15, 0.2) is 0 Å². The van der Waals surface area contributed by atoms with Crippen LogP contribution in [-0.2, 0) is 6.42 Å². The summed E-state index contributed by atoms with van der Waals surface area (Å²) < 4.78 is 2.39. The van der Waals surface area contributed by atoms with E-state index < -0.39 is 0 Å². The second kappa shape index (κ2) is 3.09. The quantitative estimate of drug-likeness (QED) is 0.771. The zero-order chi connectivity index (χ0) is 9.54. The maximum Gasteiger partial charge on any atom is 0.0954 e. The Bertz CT molecular complexity index is 338. The Labute approximate surface area is 84.3 Å². The highest BCUT2D eigenvalue weighted by Gasteiger charge is 2.31. The van der Waals surface area contributed by atoms with E-state index >= 15 is 0 Å². The number of aromatic nitrogens is 2. The van der Waals surface area contributed by atoms with Crippen LogP contribution in [-0.4, -0.2) is 16.1 Å². The largest absolute Gasteiger partial charge is 0.331 e. The van der Waals surface area contributed by atoms with E-state index in [9.17, 15) is 0 Å². The maximum atomic E-state index is 5.83. The molecular weight excluding hydrogens is 174 g/mol. The van der Waals surface area contributed by atoms with Crippen molar-refractivity contribution in [2.75, 3.05) is 6.54 Å². The summed E-state index contributed by atoms with van der Waals surface area (Å²) in [7, 11) is 0. The molecule has 14 heavy (non-hydrogen) atoms. The molecule has 0 spiro atoms. The van der Waals surface area contributed by atoms with Crippen molar-refractivity contribution >= 4 is 0 Å². The Morgan fingerprint density at radius 3 is 3.00 bits per heavy atom. The van der Waals surface area contributed by atoms with Gasteiger partial charge in [0, 0.05) is 24.2 Å². The average molecular weight is 191 g/mol. The number of hydrogen-bond acceptors (Lipinski definition) is 2. The monoisotopic (exact) mass is 191 g/mol. The third kappa shape index (κ3) is 1.19. The van der Waals surface area contributed by atoms with Crippen molar-refractivity contribution < 1.29 is 0 Å². The summed E-state index contributed by atoms with van der Waals surface area (Å²) in [6, 6.07) is 0.749. The minimum atomic E-state index is 0.571. The molecule has 2 N–H and O–H groups in total. The predicted octanol–water partition coefficient (Wildman–Crippen LogP) is 1.60. The van der Waals surface area contributed by atoms with Crippen LogP contribution < -0.4 is 5.73 Å². The van der Waals surface area contributed by atoms with Crippen molar-refractivity contribution in [2.24, 2.45) is 5.73 Å². The molecule has 2 aliphatic rings. The van der Waals surface area contributed by atoms with Crippen molar-refractivity contribution in [1.29, 1.82) is 0 Å². The Hall–Kier alpha value is -0.830. The Kier molecular flexibility index (Phi) is 1.87. The van der Waals surface area contributed by atoms with Crippen molar-refractivity contribution in [3.05, 3.63) is 17.7 Å². The van der Waals surface area contributed by atoms with Gasteiger partial charge in [0.2, 0.25) is 0 Å². The first kappa shape index (κ1) is 8.48. The van der Waals surface area contributed by atoms with Crippen LogP contribution >= 0.6 is 0 Å². The second-order valence-corrected chi connectivity index (χ2v) is 4.54. The molecule has 0 saturated heterocycles. The molecule has 1 saturated carbocycles. The Balaban J connectivity index is 2.02. The normalized spacial score (nSPS) is 26.2. The van der Waals surface area contributed by atoms with E-state index in [0.29, 0.717) is 5.92 Å². The molecule has 1 heterocycles. The molecule has 0 aliphatic heterocycles. The van der Waals surface area contributed by atoms with Gasteiger partial charge in [-0.05, 0) is 32.1 Å². The molecule has 0 amide bonds. The number of rotatable bonds is 2. The van der Waals surface area contributed by atoms with Gasteiger partial charge in [-0.3, -0.25) is 0 Å². The number of fused-ring (bicyclic) bond motifs is 1. The van der Waals surface area contributed by atoms with Gasteiger partial charge in [0.05, 0.1) is 12.0 Å². The molecule has 0 bridgehead atoms. The fourth-order valence-corrected chi connectivity index (χ4v) is 2.57. The predicted molar refractivity (Wildman–Crippen MR) is 55.2 cm³/mol. The van der Waals surface area contributed by atoms with Crippen LogP contribution in [0.5, 0.6) is 0 Å². The summed E-state index contributed by atoms with van der Waals surface area (Å²) in [6.45, 7) is 0.783. The number of nitrogens with two attached hydrogens (primary N) is 1. The molecule has 3 nitrogen and oxygen atoms in total. The molecule has 1 atom stereocenters. The summed E-state index contributed by atoms with van der Waals surface area (Å²) in [5, 5.41) is 0. The molecule has 2 aliphatic carbocycles. The molecule has 1 fully saturated rings. The third-order valence-corrected chi connectivity index (χ3v) is 3.49. The fourth-order valence-electron chi connectivity index (χ4n) is 2.57. The summed E-state index contributed by atoms with van der Waals surface area (Å²) in [4.78, 5) is 4.52. The molecular formula is C11H17N3. The fraction of sp³-hybridized carbons (Fsp3) is 0.727. The number of hydrogen-bond donors (Lipinski definition) is 1. The molecule has 1 unspecified atom stereocenters. The van der Waals surface area contributed by atoms with E-state index in [4.69, 9.17) is 5.73 Å². The molecule has 3 rings (SSSR count). The topological polar surface area (TPSA) is 43.8 Å². The molecule has 76 valence electrons. The van der Waals surface area contributed by atoms with Crippen molar-refractivity contribution in [2.45, 2.75) is 44.1 Å². The first-order valence-electron chi connectivity index (χ1n) is 5.66. The number of nitrogens with zero attached hydrogens (tertiary/aromatic N) is 2. The van der Waals surface area contributed by atoms with E-state index in [1.54, 1.807) is 0 Å². The zero-order valence-corrected chi connectivity index (χ0v) is 8.45. The highest BCUT2D eigenvalue weighted by Crippen LogP contribution is 2.40. The lowest BCUT2D eigenvalue weighted by Crippen LogP contribution is -2.20. The van der Waals surface area contributed by atoms with E-state index in [-0.39, 0.29) is 0 Å². The van der Waals surface area contributed by atoms with E-state index in [2.05, 4.69) is 9.55 Å². The average Bonchev–Trinajstić information content (AvgIpc) is 2.97. The van der Waals surface area contributed by atoms with E-state index in [1.165, 1.54) is 37.1 Å². The van der Waals surface area contributed by atoms with Crippen molar-refractivity contribution in [3.63, 3.8) is 0 Å². The lowest BCUT2D eigenvalue weighted by atomic mass is 9.90. The summed E-state index contributed by atoms with van der Waals surface area (Å²) in [6.07, 6.45) is 8.38. The highest BCUT2D eigenvalue weighted by molar-refractivity contribution is 5.23. The van der Waals surface area contributed by atoms with Gasteiger partial charge in [0.25, 0.3) is 0 Å². The molecule has 0 aromatic carbocycles. The van der Waals surface area contributed by atoms with Gasteiger partial charge in [-0.1, -0.05) is 0 Å². The lowest BCUT2D eigenvalue weighted by molar-refractivity contribution is 0.514. The van der Waals surface area contributed by atoms with Crippen LogP contribution in [0.15, 0.2) is 6.33 Å². The van der Waals surface area contributed by atoms with Crippen LogP contribution in [0.3, 0.4) is 0 Å². The minimum absolute atomic E-state index is 0.571. The minimum Gasteiger partial charge on any atom is -0.331 e. The third-order valence-electron chi connectivity index (χ3n) is 3.49. The SMILES string of the molecule is NCC1CCCc2ncn(C3CC3)c21. The van der Waals surface area contributed by atoms with Crippen LogP contribution in [0.4, 0.5) is 0 Å². The highest BCUT2D eigenvalue weighted by atomic mass is 15.1. The smallest absolute Gasteiger partial charge is 0.0954 e. The van der Waals surface area contributed by atoms with Gasteiger partial charge in [-0.2, -0.15) is 0 Å². The standard InChI is InChI=1S/C11H17N3/c12-6-8-2-1-3-10-11(8)14(7-13-10)9-4-5-9/h7-9H,1-6,12H2. The van der Waals surface area contributed by atoms with Crippen LogP contribution in [0.2, 0.25) is 0 Å². The van der Waals surface area contributed by atoms with Gasteiger partial charge >= 0.3 is 0 Å². The Morgan fingerprint density at radius 2 is 2.29 bits per heavy atom. The zero-order valence-electron chi connectivity index (χ0n) is 8.45. The van der Waals surface area contributed by atoms with Crippen LogP contribution in [0.25, 0.3) is 0 Å². The van der Waals surface area contributed by atoms with Crippen molar-refractivity contribution in [1.82, 2.24) is 9.55 Å². The number of imidazole rings is 1. The maximum absolute atomic E-state index is 5.83. The van der Waals surface area contributed by atoms with E-state index in [1.807, 2.05) is 6.33 Å². The first-order valence-corrected chi connectivity index (χ1v) is 5.66. The van der Waals surface area contributed by atoms with Gasteiger partial charge in [0.1, 0.15) is 0 Å². The van der Waals surface area contributed by atoms with Gasteiger partial charge in [-0.15, -0.1) is 0 Å². The van der Waals surface area contributed by atoms with Crippen LogP contribution in [0, 0.1) is 0 Å².